The van der Waals surface area contributed by atoms with E-state index in [0.717, 1.165) is 17.7 Å². The number of rotatable bonds is 8. The van der Waals surface area contributed by atoms with Crippen LogP contribution in [0.3, 0.4) is 0 Å². The van der Waals surface area contributed by atoms with Crippen molar-refractivity contribution in [2.24, 2.45) is 0 Å². The predicted molar refractivity (Wildman–Crippen MR) is 126 cm³/mol. The minimum absolute atomic E-state index is 0.0180. The first-order chi connectivity index (χ1) is 16.1. The van der Waals surface area contributed by atoms with Gasteiger partial charge in [0.15, 0.2) is 0 Å². The Bertz CT molecular complexity index is 1060. The number of amides is 2. The molecule has 0 bridgehead atoms. The van der Waals surface area contributed by atoms with Crippen LogP contribution in [0.2, 0.25) is 0 Å². The molecule has 3 aromatic rings. The molecule has 7 nitrogen and oxygen atoms in total. The monoisotopic (exact) mass is 465 g/mol. The molecule has 1 unspecified atom stereocenters. The molecule has 1 saturated heterocycles. The Morgan fingerprint density at radius 2 is 1.94 bits per heavy atom. The molecule has 172 valence electrons. The molecule has 0 radical (unpaired) electrons. The number of carbonyl (C=O) groups is 2. The van der Waals surface area contributed by atoms with Crippen LogP contribution in [0.15, 0.2) is 65.5 Å². The number of benzene rings is 2. The van der Waals surface area contributed by atoms with Crippen molar-refractivity contribution >= 4 is 23.2 Å². The molecule has 2 heterocycles. The van der Waals surface area contributed by atoms with Crippen molar-refractivity contribution in [1.82, 2.24) is 14.8 Å². The highest BCUT2D eigenvalue weighted by Crippen LogP contribution is 2.17. The zero-order chi connectivity index (χ0) is 23.0. The average Bonchev–Trinajstić information content (AvgIpc) is 3.34. The molecule has 0 spiro atoms. The van der Waals surface area contributed by atoms with E-state index in [9.17, 15) is 9.59 Å². The van der Waals surface area contributed by atoms with Gasteiger partial charge in [0, 0.05) is 25.0 Å². The van der Waals surface area contributed by atoms with Gasteiger partial charge in [0.25, 0.3) is 5.91 Å². The molecule has 0 saturated carbocycles. The summed E-state index contributed by atoms with van der Waals surface area (Å²) in [4.78, 5) is 33.5. The van der Waals surface area contributed by atoms with Crippen LogP contribution in [0.25, 0.3) is 0 Å². The zero-order valence-corrected chi connectivity index (χ0v) is 19.4. The third-order valence-corrected chi connectivity index (χ3v) is 6.19. The lowest BCUT2D eigenvalue weighted by Crippen LogP contribution is -2.40. The lowest BCUT2D eigenvalue weighted by molar-refractivity contribution is -0.131. The first-order valence-electron chi connectivity index (χ1n) is 10.9. The number of aromatic nitrogens is 1. The molecule has 1 fully saturated rings. The highest BCUT2D eigenvalue weighted by molar-refractivity contribution is 7.07. The van der Waals surface area contributed by atoms with Gasteiger partial charge in [-0.25, -0.2) is 4.98 Å². The molecule has 33 heavy (non-hydrogen) atoms. The lowest BCUT2D eigenvalue weighted by Gasteiger charge is -2.25. The van der Waals surface area contributed by atoms with Crippen molar-refractivity contribution in [2.75, 3.05) is 33.3 Å². The maximum atomic E-state index is 13.1. The normalized spacial score (nSPS) is 16.5. The summed E-state index contributed by atoms with van der Waals surface area (Å²) in [5.74, 6) is 0.434. The summed E-state index contributed by atoms with van der Waals surface area (Å²) < 4.78 is 11.5. The molecule has 0 aliphatic carbocycles. The predicted octanol–water partition coefficient (Wildman–Crippen LogP) is 3.26. The summed E-state index contributed by atoms with van der Waals surface area (Å²) in [6, 6.07) is 17.8. The Morgan fingerprint density at radius 1 is 1.12 bits per heavy atom. The van der Waals surface area contributed by atoms with E-state index < -0.39 is 0 Å². The molecule has 0 N–H and O–H groups in total. The Kier molecular flexibility index (Phi) is 7.70. The molecule has 8 heteroatoms. The summed E-state index contributed by atoms with van der Waals surface area (Å²) >= 11 is 1.36. The smallest absolute Gasteiger partial charge is 0.273 e. The van der Waals surface area contributed by atoms with Gasteiger partial charge in [-0.05, 0) is 29.7 Å². The van der Waals surface area contributed by atoms with Gasteiger partial charge in [-0.3, -0.25) is 9.59 Å². The summed E-state index contributed by atoms with van der Waals surface area (Å²) in [5, 5.41) is 1.71. The number of methoxy groups -OCH3 is 1. The number of nitrogens with zero attached hydrogens (tertiary/aromatic N) is 3. The highest BCUT2D eigenvalue weighted by Gasteiger charge is 2.31. The average molecular weight is 466 g/mol. The second kappa shape index (κ2) is 11.1. The standard InChI is InChI=1S/C25H27N3O4S/c1-31-21-9-5-8-20(12-21)16-32-22-13-27(11-10-19-6-3-2-4-7-19)24(29)15-28(14-22)25(30)23-17-33-18-26-23/h2-9,12,17-18,22H,10-11,13-16H2,1H3. The molecule has 2 aromatic carbocycles. The maximum Gasteiger partial charge on any atom is 0.273 e. The number of thiazole rings is 1. The third kappa shape index (κ3) is 6.18. The van der Waals surface area contributed by atoms with Crippen molar-refractivity contribution in [3.05, 3.63) is 82.3 Å². The van der Waals surface area contributed by atoms with E-state index in [-0.39, 0.29) is 24.5 Å². The number of carbonyl (C=O) groups excluding carboxylic acids is 2. The molecular formula is C25H27N3O4S. The quantitative estimate of drug-likeness (QED) is 0.511. The fourth-order valence-corrected chi connectivity index (χ4v) is 4.35. The van der Waals surface area contributed by atoms with Gasteiger partial charge in [-0.15, -0.1) is 11.3 Å². The van der Waals surface area contributed by atoms with E-state index in [4.69, 9.17) is 9.47 Å². The summed E-state index contributed by atoms with van der Waals surface area (Å²) in [6.45, 7) is 1.70. The lowest BCUT2D eigenvalue weighted by atomic mass is 10.1. The van der Waals surface area contributed by atoms with Crippen LogP contribution in [-0.4, -0.2) is 66.0 Å². The summed E-state index contributed by atoms with van der Waals surface area (Å²) in [5.41, 5.74) is 4.12. The highest BCUT2D eigenvalue weighted by atomic mass is 32.1. The van der Waals surface area contributed by atoms with Crippen LogP contribution >= 0.6 is 11.3 Å². The summed E-state index contributed by atoms with van der Waals surface area (Å²) in [7, 11) is 1.63. The van der Waals surface area contributed by atoms with Crippen molar-refractivity contribution in [2.45, 2.75) is 19.1 Å². The van der Waals surface area contributed by atoms with Gasteiger partial charge >= 0.3 is 0 Å². The summed E-state index contributed by atoms with van der Waals surface area (Å²) in [6.07, 6.45) is 0.427. The molecular weight excluding hydrogens is 438 g/mol. The molecule has 1 aliphatic rings. The van der Waals surface area contributed by atoms with E-state index in [1.807, 2.05) is 42.5 Å². The Hall–Kier alpha value is -3.23. The van der Waals surface area contributed by atoms with Crippen LogP contribution in [0.5, 0.6) is 5.75 Å². The van der Waals surface area contributed by atoms with Crippen LogP contribution < -0.4 is 4.74 Å². The topological polar surface area (TPSA) is 72.0 Å². The number of ether oxygens (including phenoxy) is 2. The van der Waals surface area contributed by atoms with E-state index in [1.165, 1.54) is 16.9 Å². The fraction of sp³-hybridized carbons (Fsp3) is 0.320. The molecule has 1 aliphatic heterocycles. The first-order valence-corrected chi connectivity index (χ1v) is 11.8. The molecule has 1 aromatic heterocycles. The van der Waals surface area contributed by atoms with Gasteiger partial charge < -0.3 is 19.3 Å². The van der Waals surface area contributed by atoms with Crippen molar-refractivity contribution in [3.63, 3.8) is 0 Å². The van der Waals surface area contributed by atoms with Gasteiger partial charge in [0.05, 0.1) is 25.3 Å². The minimum Gasteiger partial charge on any atom is -0.497 e. The van der Waals surface area contributed by atoms with Gasteiger partial charge in [-0.2, -0.15) is 0 Å². The molecule has 4 rings (SSSR count). The van der Waals surface area contributed by atoms with E-state index in [0.29, 0.717) is 31.9 Å². The number of hydrogen-bond donors (Lipinski definition) is 0. The molecule has 2 amide bonds. The second-order valence-corrected chi connectivity index (χ2v) is 8.64. The van der Waals surface area contributed by atoms with Crippen molar-refractivity contribution in [3.8, 4) is 5.75 Å². The van der Waals surface area contributed by atoms with Crippen LogP contribution in [0, 0.1) is 0 Å². The van der Waals surface area contributed by atoms with Crippen molar-refractivity contribution < 1.29 is 19.1 Å². The number of hydrogen-bond acceptors (Lipinski definition) is 6. The Balaban J connectivity index is 1.48. The largest absolute Gasteiger partial charge is 0.497 e. The van der Waals surface area contributed by atoms with Crippen molar-refractivity contribution in [1.29, 1.82) is 0 Å². The maximum absolute atomic E-state index is 13.1. The van der Waals surface area contributed by atoms with Crippen LogP contribution in [-0.2, 0) is 22.6 Å². The second-order valence-electron chi connectivity index (χ2n) is 7.92. The SMILES string of the molecule is COc1cccc(COC2CN(CCc3ccccc3)C(=O)CN(C(=O)c3cscn3)C2)c1. The van der Waals surface area contributed by atoms with Gasteiger partial charge in [0.1, 0.15) is 18.0 Å². The van der Waals surface area contributed by atoms with E-state index in [2.05, 4.69) is 17.1 Å². The van der Waals surface area contributed by atoms with Gasteiger partial charge in [-0.1, -0.05) is 42.5 Å². The fourth-order valence-electron chi connectivity index (χ4n) is 3.82. The zero-order valence-electron chi connectivity index (χ0n) is 18.6. The Labute approximate surface area is 197 Å². The van der Waals surface area contributed by atoms with Crippen LogP contribution in [0.1, 0.15) is 21.6 Å². The third-order valence-electron chi connectivity index (χ3n) is 5.60. The van der Waals surface area contributed by atoms with Gasteiger partial charge in [0.2, 0.25) is 5.91 Å². The Morgan fingerprint density at radius 3 is 2.70 bits per heavy atom. The minimum atomic E-state index is -0.319. The van der Waals surface area contributed by atoms with E-state index >= 15 is 0 Å². The van der Waals surface area contributed by atoms with E-state index in [1.54, 1.807) is 27.8 Å². The van der Waals surface area contributed by atoms with Crippen LogP contribution in [0.4, 0.5) is 0 Å². The first kappa shape index (κ1) is 22.9. The molecule has 1 atom stereocenters.